The molecule has 3 aromatic rings. The van der Waals surface area contributed by atoms with E-state index in [0.29, 0.717) is 16.4 Å². The van der Waals surface area contributed by atoms with Crippen LogP contribution in [-0.2, 0) is 9.53 Å². The van der Waals surface area contributed by atoms with E-state index in [4.69, 9.17) is 20.8 Å². The Kier molecular flexibility index (Phi) is 4.48. The number of furan rings is 1. The number of fused-ring (bicyclic) bond motifs is 1. The molecule has 0 radical (unpaired) electrons. The molecule has 24 heavy (non-hydrogen) atoms. The number of aromatic nitrogens is 1. The van der Waals surface area contributed by atoms with Crippen LogP contribution in [0, 0.1) is 0 Å². The number of nitrogens with zero attached hydrogens (tertiary/aromatic N) is 1. The molecule has 3 rings (SSSR count). The molecule has 1 N–H and O–H groups in total. The summed E-state index contributed by atoms with van der Waals surface area (Å²) >= 11 is 5.73. The lowest BCUT2D eigenvalue weighted by Crippen LogP contribution is -2.30. The first-order chi connectivity index (χ1) is 11.5. The summed E-state index contributed by atoms with van der Waals surface area (Å²) in [6.07, 6.45) is 0.394. The van der Waals surface area contributed by atoms with Gasteiger partial charge in [0.1, 0.15) is 11.4 Å². The number of nitrogens with one attached hydrogen (secondary N) is 1. The molecule has 122 valence electrons. The first-order valence-corrected chi connectivity index (χ1v) is 7.53. The van der Waals surface area contributed by atoms with Crippen LogP contribution >= 0.6 is 11.6 Å². The highest BCUT2D eigenvalue weighted by Gasteiger charge is 2.21. The minimum absolute atomic E-state index is 0.0421. The van der Waals surface area contributed by atoms with Crippen LogP contribution in [0.2, 0.25) is 5.02 Å². The largest absolute Gasteiger partial charge is 0.449 e. The van der Waals surface area contributed by atoms with Crippen LogP contribution in [0.4, 0.5) is 5.82 Å². The molecule has 7 heteroatoms. The zero-order chi connectivity index (χ0) is 17.1. The number of carbonyl (C=O) groups is 2. The Bertz CT molecular complexity index is 856. The predicted octanol–water partition coefficient (Wildman–Crippen LogP) is 3.67. The Hall–Kier alpha value is -2.86. The third-order valence-corrected chi connectivity index (χ3v) is 3.48. The molecule has 6 nitrogen and oxygen atoms in total. The topological polar surface area (TPSA) is 81.4 Å². The van der Waals surface area contributed by atoms with Crippen molar-refractivity contribution >= 4 is 40.3 Å². The molecule has 0 fully saturated rings. The van der Waals surface area contributed by atoms with Gasteiger partial charge in [-0.2, -0.15) is 0 Å². The van der Waals surface area contributed by atoms with Gasteiger partial charge in [-0.3, -0.25) is 4.79 Å². The monoisotopic (exact) mass is 344 g/mol. The molecule has 1 atom stereocenters. The van der Waals surface area contributed by atoms with E-state index in [2.05, 4.69) is 10.3 Å². The number of carbonyl (C=O) groups excluding carboxylic acids is 2. The third-order valence-electron chi connectivity index (χ3n) is 3.26. The van der Waals surface area contributed by atoms with Crippen molar-refractivity contribution in [2.75, 3.05) is 5.32 Å². The van der Waals surface area contributed by atoms with Gasteiger partial charge in [-0.1, -0.05) is 29.8 Å². The molecule has 2 heterocycles. The fourth-order valence-corrected chi connectivity index (χ4v) is 2.14. The number of ether oxygens (including phenoxy) is 1. The molecule has 1 aromatic carbocycles. The quantitative estimate of drug-likeness (QED) is 0.730. The van der Waals surface area contributed by atoms with Crippen LogP contribution in [0.5, 0.6) is 0 Å². The van der Waals surface area contributed by atoms with Gasteiger partial charge in [-0.05, 0) is 31.2 Å². The lowest BCUT2D eigenvalue weighted by molar-refractivity contribution is -0.123. The molecule has 0 bridgehead atoms. The summed E-state index contributed by atoms with van der Waals surface area (Å²) in [6.45, 7) is 1.46. The summed E-state index contributed by atoms with van der Waals surface area (Å²) in [5, 5.41) is 3.78. The Morgan fingerprint density at radius 3 is 2.75 bits per heavy atom. The summed E-state index contributed by atoms with van der Waals surface area (Å²) in [5.41, 5.74) is 0.576. The van der Waals surface area contributed by atoms with Crippen LogP contribution in [0.15, 0.2) is 53.1 Å². The van der Waals surface area contributed by atoms with Crippen LogP contribution in [0.1, 0.15) is 17.5 Å². The summed E-state index contributed by atoms with van der Waals surface area (Å²) < 4.78 is 10.5. The number of hydrogen-bond acceptors (Lipinski definition) is 5. The Labute approximate surface area is 142 Å². The molecule has 0 aliphatic rings. The van der Waals surface area contributed by atoms with Crippen LogP contribution in [-0.4, -0.2) is 23.0 Å². The van der Waals surface area contributed by atoms with E-state index < -0.39 is 18.0 Å². The van der Waals surface area contributed by atoms with Gasteiger partial charge in [0, 0.05) is 11.6 Å². The van der Waals surface area contributed by atoms with Gasteiger partial charge in [-0.25, -0.2) is 9.78 Å². The van der Waals surface area contributed by atoms with Crippen molar-refractivity contribution in [2.24, 2.45) is 0 Å². The maximum absolute atomic E-state index is 12.1. The van der Waals surface area contributed by atoms with E-state index in [9.17, 15) is 9.59 Å². The van der Waals surface area contributed by atoms with Crippen molar-refractivity contribution in [3.05, 3.63) is 59.4 Å². The third kappa shape index (κ3) is 3.55. The number of para-hydroxylation sites is 1. The Balaban J connectivity index is 1.64. The molecular weight excluding hydrogens is 332 g/mol. The van der Waals surface area contributed by atoms with Crippen molar-refractivity contribution in [1.82, 2.24) is 4.98 Å². The fraction of sp³-hybridized carbons (Fsp3) is 0.118. The minimum Gasteiger partial charge on any atom is -0.449 e. The number of benzene rings is 1. The molecule has 0 aliphatic heterocycles. The zero-order valence-corrected chi connectivity index (χ0v) is 13.4. The average molecular weight is 345 g/mol. The van der Waals surface area contributed by atoms with E-state index in [0.717, 1.165) is 5.39 Å². The molecule has 0 unspecified atom stereocenters. The normalized spacial score (nSPS) is 11.9. The van der Waals surface area contributed by atoms with Gasteiger partial charge in [0.25, 0.3) is 5.91 Å². The lowest BCUT2D eigenvalue weighted by atomic mass is 10.2. The highest BCUT2D eigenvalue weighted by Crippen LogP contribution is 2.20. The summed E-state index contributed by atoms with van der Waals surface area (Å²) in [5.74, 6) is -0.858. The number of halogens is 1. The number of hydrogen-bond donors (Lipinski definition) is 1. The highest BCUT2D eigenvalue weighted by atomic mass is 35.5. The van der Waals surface area contributed by atoms with E-state index in [1.54, 1.807) is 30.3 Å². The van der Waals surface area contributed by atoms with Gasteiger partial charge in [-0.15, -0.1) is 0 Å². The standard InChI is InChI=1S/C17H13ClN2O4/c1-10(16(21)20-15-7-6-12(18)9-19-15)23-17(22)14-8-11-4-2-3-5-13(11)24-14/h2-10H,1H3,(H,19,20,21)/t10-/m1/s1. The van der Waals surface area contributed by atoms with Crippen molar-refractivity contribution in [1.29, 1.82) is 0 Å². The van der Waals surface area contributed by atoms with E-state index in [-0.39, 0.29) is 5.76 Å². The van der Waals surface area contributed by atoms with Crippen LogP contribution < -0.4 is 5.32 Å². The van der Waals surface area contributed by atoms with Gasteiger partial charge in [0.05, 0.1) is 5.02 Å². The predicted molar refractivity (Wildman–Crippen MR) is 89.0 cm³/mol. The first-order valence-electron chi connectivity index (χ1n) is 7.15. The van der Waals surface area contributed by atoms with Gasteiger partial charge in [0.15, 0.2) is 6.10 Å². The second-order valence-corrected chi connectivity index (χ2v) is 5.48. The molecule has 2 aromatic heterocycles. The minimum atomic E-state index is -1.01. The smallest absolute Gasteiger partial charge is 0.375 e. The van der Waals surface area contributed by atoms with Crippen LogP contribution in [0.25, 0.3) is 11.0 Å². The number of esters is 1. The number of pyridine rings is 1. The van der Waals surface area contributed by atoms with Crippen LogP contribution in [0.3, 0.4) is 0 Å². The van der Waals surface area contributed by atoms with Crippen molar-refractivity contribution in [3.8, 4) is 0 Å². The molecule has 0 saturated carbocycles. The number of anilines is 1. The highest BCUT2D eigenvalue weighted by molar-refractivity contribution is 6.30. The summed E-state index contributed by atoms with van der Waals surface area (Å²) in [6, 6.07) is 11.9. The molecule has 0 spiro atoms. The van der Waals surface area contributed by atoms with Gasteiger partial charge < -0.3 is 14.5 Å². The average Bonchev–Trinajstić information content (AvgIpc) is 3.01. The van der Waals surface area contributed by atoms with Gasteiger partial charge in [0.2, 0.25) is 5.76 Å². The van der Waals surface area contributed by atoms with E-state index in [1.165, 1.54) is 13.1 Å². The SMILES string of the molecule is C[C@@H](OC(=O)c1cc2ccccc2o1)C(=O)Nc1ccc(Cl)cn1. The molecular formula is C17H13ClN2O4. The lowest BCUT2D eigenvalue weighted by Gasteiger charge is -2.12. The number of amides is 1. The maximum Gasteiger partial charge on any atom is 0.375 e. The Morgan fingerprint density at radius 2 is 2.04 bits per heavy atom. The maximum atomic E-state index is 12.1. The van der Waals surface area contributed by atoms with Gasteiger partial charge >= 0.3 is 5.97 Å². The second kappa shape index (κ2) is 6.72. The zero-order valence-electron chi connectivity index (χ0n) is 12.7. The fourth-order valence-electron chi connectivity index (χ4n) is 2.03. The second-order valence-electron chi connectivity index (χ2n) is 5.05. The van der Waals surface area contributed by atoms with E-state index in [1.807, 2.05) is 12.1 Å². The molecule has 1 amide bonds. The van der Waals surface area contributed by atoms with E-state index >= 15 is 0 Å². The summed E-state index contributed by atoms with van der Waals surface area (Å²) in [4.78, 5) is 28.1. The molecule has 0 aliphatic carbocycles. The Morgan fingerprint density at radius 1 is 1.25 bits per heavy atom. The van der Waals surface area contributed by atoms with Crippen molar-refractivity contribution in [2.45, 2.75) is 13.0 Å². The molecule has 0 saturated heterocycles. The summed E-state index contributed by atoms with van der Waals surface area (Å²) in [7, 11) is 0. The first kappa shape index (κ1) is 16.0. The number of rotatable bonds is 4. The van der Waals surface area contributed by atoms with Crippen molar-refractivity contribution < 1.29 is 18.7 Å². The van der Waals surface area contributed by atoms with Crippen molar-refractivity contribution in [3.63, 3.8) is 0 Å².